The first-order valence-corrected chi connectivity index (χ1v) is 11.5. The molecule has 4 rings (SSSR count). The molecule has 0 aromatic heterocycles. The number of benzene rings is 3. The summed E-state index contributed by atoms with van der Waals surface area (Å²) in [4.78, 5) is 0. The zero-order valence-corrected chi connectivity index (χ0v) is 20.1. The van der Waals surface area contributed by atoms with Crippen LogP contribution in [-0.2, 0) is 0 Å². The van der Waals surface area contributed by atoms with Gasteiger partial charge in [0.05, 0.1) is 0 Å². The van der Waals surface area contributed by atoms with Crippen molar-refractivity contribution in [1.29, 1.82) is 0 Å². The molecule has 1 aliphatic rings. The smallest absolute Gasteiger partial charge is 0.123 e. The van der Waals surface area contributed by atoms with Gasteiger partial charge >= 0.3 is 0 Å². The molecular formula is C29H40O. The largest absolute Gasteiger partial charge is 0.487 e. The Morgan fingerprint density at radius 1 is 0.567 bits per heavy atom. The number of hydrogen-bond donors (Lipinski definition) is 0. The predicted molar refractivity (Wildman–Crippen MR) is 133 cm³/mol. The first kappa shape index (κ1) is 25.5. The van der Waals surface area contributed by atoms with E-state index in [0.29, 0.717) is 0 Å². The lowest BCUT2D eigenvalue weighted by Crippen LogP contribution is -2.43. The molecule has 2 atom stereocenters. The van der Waals surface area contributed by atoms with E-state index in [0.717, 1.165) is 5.75 Å². The summed E-state index contributed by atoms with van der Waals surface area (Å²) in [7, 11) is 0. The second kappa shape index (κ2) is 12.9. The molecule has 3 aromatic carbocycles. The average molecular weight is 405 g/mol. The Bertz CT molecular complexity index is 821. The summed E-state index contributed by atoms with van der Waals surface area (Å²) in [5, 5.41) is 0. The molecule has 1 heteroatoms. The molecule has 2 unspecified atom stereocenters. The minimum Gasteiger partial charge on any atom is -0.487 e. The lowest BCUT2D eigenvalue weighted by atomic mass is 9.68. The summed E-state index contributed by atoms with van der Waals surface area (Å²) in [6.07, 6.45) is 0. The highest BCUT2D eigenvalue weighted by Crippen LogP contribution is 2.52. The van der Waals surface area contributed by atoms with Gasteiger partial charge in [0.15, 0.2) is 0 Å². The van der Waals surface area contributed by atoms with Gasteiger partial charge in [-0.05, 0) is 31.0 Å². The topological polar surface area (TPSA) is 9.23 Å². The molecule has 162 valence electrons. The van der Waals surface area contributed by atoms with Crippen molar-refractivity contribution in [3.8, 4) is 5.75 Å². The van der Waals surface area contributed by atoms with Gasteiger partial charge in [-0.1, -0.05) is 120 Å². The number of para-hydroxylation sites is 1. The Hall–Kier alpha value is -2.54. The molecule has 0 amide bonds. The van der Waals surface area contributed by atoms with Gasteiger partial charge in [-0.2, -0.15) is 0 Å². The lowest BCUT2D eigenvalue weighted by Gasteiger charge is -2.45. The molecule has 0 aliphatic carbocycles. The summed E-state index contributed by atoms with van der Waals surface area (Å²) in [5.41, 5.74) is 3.66. The quantitative estimate of drug-likeness (QED) is 0.414. The third-order valence-electron chi connectivity index (χ3n) is 5.03. The van der Waals surface area contributed by atoms with Crippen molar-refractivity contribution in [2.75, 3.05) is 0 Å². The normalized spacial score (nSPS) is 17.9. The van der Waals surface area contributed by atoms with Crippen molar-refractivity contribution < 1.29 is 4.74 Å². The van der Waals surface area contributed by atoms with Crippen LogP contribution in [0.15, 0.2) is 84.9 Å². The number of rotatable bonds is 2. The molecule has 0 fully saturated rings. The second-order valence-electron chi connectivity index (χ2n) is 7.02. The van der Waals surface area contributed by atoms with Crippen LogP contribution in [0.25, 0.3) is 0 Å². The minimum atomic E-state index is -0.282. The van der Waals surface area contributed by atoms with Crippen LogP contribution in [-0.4, -0.2) is 5.60 Å². The number of ether oxygens (including phenoxy) is 1. The van der Waals surface area contributed by atoms with Crippen molar-refractivity contribution in [2.24, 2.45) is 0 Å². The highest BCUT2D eigenvalue weighted by Gasteiger charge is 2.44. The third kappa shape index (κ3) is 5.75. The predicted octanol–water partition coefficient (Wildman–Crippen LogP) is 8.85. The fraction of sp³-hybridized carbons (Fsp3) is 0.379. The van der Waals surface area contributed by atoms with Crippen LogP contribution in [0.1, 0.15) is 83.9 Å². The molecule has 0 saturated heterocycles. The Kier molecular flexibility index (Phi) is 11.0. The van der Waals surface area contributed by atoms with E-state index in [4.69, 9.17) is 4.74 Å². The van der Waals surface area contributed by atoms with Gasteiger partial charge in [-0.25, -0.2) is 0 Å². The summed E-state index contributed by atoms with van der Waals surface area (Å²) in [6.45, 7) is 16.4. The van der Waals surface area contributed by atoms with Crippen molar-refractivity contribution in [3.05, 3.63) is 102 Å². The van der Waals surface area contributed by atoms with E-state index in [1.165, 1.54) is 16.7 Å². The molecule has 30 heavy (non-hydrogen) atoms. The Morgan fingerprint density at radius 2 is 1.00 bits per heavy atom. The Balaban J connectivity index is 0.000000691. The van der Waals surface area contributed by atoms with Gasteiger partial charge in [0, 0.05) is 17.4 Å². The molecule has 0 radical (unpaired) electrons. The van der Waals surface area contributed by atoms with Crippen molar-refractivity contribution in [1.82, 2.24) is 0 Å². The molecule has 1 nitrogen and oxygen atoms in total. The van der Waals surface area contributed by atoms with E-state index in [2.05, 4.69) is 98.8 Å². The molecule has 0 bridgehead atoms. The summed E-state index contributed by atoms with van der Waals surface area (Å²) in [6, 6.07) is 30.0. The van der Waals surface area contributed by atoms with E-state index in [1.54, 1.807) is 0 Å². The summed E-state index contributed by atoms with van der Waals surface area (Å²) >= 11 is 0. The highest BCUT2D eigenvalue weighted by atomic mass is 16.5. The maximum atomic E-state index is 6.44. The summed E-state index contributed by atoms with van der Waals surface area (Å²) < 4.78 is 6.44. The van der Waals surface area contributed by atoms with Crippen LogP contribution >= 0.6 is 0 Å². The fourth-order valence-electron chi connectivity index (χ4n) is 4.04. The van der Waals surface area contributed by atoms with Gasteiger partial charge in [0.1, 0.15) is 11.4 Å². The Labute approximate surface area is 185 Å². The molecule has 0 saturated carbocycles. The van der Waals surface area contributed by atoms with E-state index in [1.807, 2.05) is 41.5 Å². The minimum absolute atomic E-state index is 0.260. The van der Waals surface area contributed by atoms with Crippen molar-refractivity contribution >= 4 is 0 Å². The number of fused-ring (bicyclic) bond motifs is 1. The number of hydrogen-bond acceptors (Lipinski definition) is 1. The van der Waals surface area contributed by atoms with Crippen molar-refractivity contribution in [3.63, 3.8) is 0 Å². The summed E-state index contributed by atoms with van der Waals surface area (Å²) in [5.74, 6) is 1.55. The van der Waals surface area contributed by atoms with Gasteiger partial charge in [0.2, 0.25) is 0 Å². The lowest BCUT2D eigenvalue weighted by molar-refractivity contribution is 0.0531. The maximum absolute atomic E-state index is 6.44. The van der Waals surface area contributed by atoms with E-state index in [9.17, 15) is 0 Å². The third-order valence-corrected chi connectivity index (χ3v) is 5.03. The van der Waals surface area contributed by atoms with E-state index >= 15 is 0 Å². The molecular weight excluding hydrogens is 364 g/mol. The van der Waals surface area contributed by atoms with Crippen LogP contribution in [0.3, 0.4) is 0 Å². The first-order chi connectivity index (χ1) is 14.7. The second-order valence-corrected chi connectivity index (χ2v) is 7.02. The Morgan fingerprint density at radius 3 is 1.53 bits per heavy atom. The zero-order valence-electron chi connectivity index (χ0n) is 20.1. The van der Waals surface area contributed by atoms with E-state index < -0.39 is 0 Å². The van der Waals surface area contributed by atoms with Crippen LogP contribution in [0.4, 0.5) is 0 Å². The van der Waals surface area contributed by atoms with Gasteiger partial charge in [-0.3, -0.25) is 0 Å². The van der Waals surface area contributed by atoms with E-state index in [-0.39, 0.29) is 17.4 Å². The average Bonchev–Trinajstić information content (AvgIpc) is 2.82. The molecule has 0 N–H and O–H groups in total. The van der Waals surface area contributed by atoms with Crippen LogP contribution in [0.2, 0.25) is 0 Å². The van der Waals surface area contributed by atoms with Gasteiger partial charge < -0.3 is 4.74 Å². The van der Waals surface area contributed by atoms with Gasteiger partial charge in [-0.15, -0.1) is 0 Å². The molecule has 1 heterocycles. The SMILES string of the molecule is CC.CC.CC.CC1(C)Oc2ccccc2C(c2ccccc2)C1c1ccccc1. The van der Waals surface area contributed by atoms with Crippen molar-refractivity contribution in [2.45, 2.75) is 72.8 Å². The van der Waals surface area contributed by atoms with Gasteiger partial charge in [0.25, 0.3) is 0 Å². The monoisotopic (exact) mass is 404 g/mol. The molecule has 1 aliphatic heterocycles. The standard InChI is InChI=1S/C23H22O.3C2H6/c1-23(2)22(18-13-7-4-8-14-18)21(17-11-5-3-6-12-17)19-15-9-10-16-20(19)24-23;3*1-2/h3-16,21-22H,1-2H3;3*1-2H3. The van der Waals surface area contributed by atoms with Crippen LogP contribution in [0, 0.1) is 0 Å². The maximum Gasteiger partial charge on any atom is 0.123 e. The molecule has 0 spiro atoms. The van der Waals surface area contributed by atoms with Crippen LogP contribution < -0.4 is 4.74 Å². The fourth-order valence-corrected chi connectivity index (χ4v) is 4.04. The molecule has 3 aromatic rings. The zero-order chi connectivity index (χ0) is 22.6. The van der Waals surface area contributed by atoms with Crippen LogP contribution in [0.5, 0.6) is 5.75 Å². The highest BCUT2D eigenvalue weighted by molar-refractivity contribution is 5.49. The first-order valence-electron chi connectivity index (χ1n) is 11.5.